The van der Waals surface area contributed by atoms with E-state index in [2.05, 4.69) is 6.58 Å². The molecule has 2 aliphatic rings. The van der Waals surface area contributed by atoms with E-state index in [1.54, 1.807) is 0 Å². The molecule has 1 aliphatic carbocycles. The Hall–Kier alpha value is -1.77. The second-order valence-corrected chi connectivity index (χ2v) is 5.69. The molecule has 1 amide bonds. The van der Waals surface area contributed by atoms with Crippen LogP contribution in [0.2, 0.25) is 0 Å². The zero-order valence-corrected chi connectivity index (χ0v) is 11.3. The molecule has 1 heterocycles. The van der Waals surface area contributed by atoms with Crippen molar-refractivity contribution < 1.29 is 9.53 Å². The lowest BCUT2D eigenvalue weighted by Gasteiger charge is -2.35. The zero-order valence-electron chi connectivity index (χ0n) is 11.3. The Labute approximate surface area is 113 Å². The molecule has 1 aromatic rings. The minimum Gasteiger partial charge on any atom is -0.483 e. The molecule has 1 fully saturated rings. The molecule has 0 bridgehead atoms. The summed E-state index contributed by atoms with van der Waals surface area (Å²) in [6.07, 6.45) is 3.38. The summed E-state index contributed by atoms with van der Waals surface area (Å²) in [6.45, 7) is 6.52. The molecule has 3 rings (SSSR count). The Morgan fingerprint density at radius 3 is 2.79 bits per heavy atom. The van der Waals surface area contributed by atoms with Crippen molar-refractivity contribution in [2.45, 2.75) is 38.2 Å². The number of fused-ring (bicyclic) bond motifs is 1. The molecule has 1 aromatic carbocycles. The zero-order chi connectivity index (χ0) is 13.5. The third kappa shape index (κ3) is 2.37. The summed E-state index contributed by atoms with van der Waals surface area (Å²) in [6, 6.07) is 7.82. The Bertz CT molecular complexity index is 531. The molecule has 3 heteroatoms. The van der Waals surface area contributed by atoms with E-state index >= 15 is 0 Å². The predicted molar refractivity (Wildman–Crippen MR) is 75.4 cm³/mol. The molecule has 0 saturated heterocycles. The Kier molecular flexibility index (Phi) is 2.85. The number of allylic oxidation sites excluding steroid dienone is 1. The van der Waals surface area contributed by atoms with Gasteiger partial charge < -0.3 is 9.64 Å². The lowest BCUT2D eigenvalue weighted by atomic mass is 10.1. The van der Waals surface area contributed by atoms with E-state index in [0.29, 0.717) is 13.0 Å². The highest BCUT2D eigenvalue weighted by molar-refractivity contribution is 5.95. The van der Waals surface area contributed by atoms with Crippen molar-refractivity contribution in [3.05, 3.63) is 36.4 Å². The average Bonchev–Trinajstić information content (AvgIpc) is 3.14. The van der Waals surface area contributed by atoms with Crippen molar-refractivity contribution in [3.8, 4) is 5.75 Å². The van der Waals surface area contributed by atoms with Crippen LogP contribution in [0.4, 0.5) is 5.69 Å². The summed E-state index contributed by atoms with van der Waals surface area (Å²) < 4.78 is 6.02. The van der Waals surface area contributed by atoms with Crippen molar-refractivity contribution in [2.75, 3.05) is 11.4 Å². The number of amides is 1. The van der Waals surface area contributed by atoms with Crippen LogP contribution in [0, 0.1) is 0 Å². The van der Waals surface area contributed by atoms with Crippen LogP contribution in [0.3, 0.4) is 0 Å². The molecule has 19 heavy (non-hydrogen) atoms. The van der Waals surface area contributed by atoms with Gasteiger partial charge in [0, 0.05) is 6.42 Å². The number of benzene rings is 1. The minimum atomic E-state index is -0.104. The molecule has 1 aliphatic heterocycles. The van der Waals surface area contributed by atoms with Gasteiger partial charge in [0.1, 0.15) is 11.4 Å². The van der Waals surface area contributed by atoms with E-state index in [-0.39, 0.29) is 11.5 Å². The molecule has 100 valence electrons. The molecule has 0 aromatic heterocycles. The van der Waals surface area contributed by atoms with Crippen molar-refractivity contribution in [2.24, 2.45) is 0 Å². The van der Waals surface area contributed by atoms with Crippen LogP contribution in [0.1, 0.15) is 32.6 Å². The minimum absolute atomic E-state index is 0.104. The number of nitrogens with zero attached hydrogens (tertiary/aromatic N) is 1. The second-order valence-electron chi connectivity index (χ2n) is 5.69. The lowest BCUT2D eigenvalue weighted by molar-refractivity contribution is -0.119. The summed E-state index contributed by atoms with van der Waals surface area (Å²) in [5, 5.41) is 0. The van der Waals surface area contributed by atoms with Gasteiger partial charge in [-0.3, -0.25) is 4.79 Å². The van der Waals surface area contributed by atoms with E-state index in [4.69, 9.17) is 4.74 Å². The smallest absolute Gasteiger partial charge is 0.227 e. The third-order valence-corrected chi connectivity index (χ3v) is 3.80. The Balaban J connectivity index is 1.84. The van der Waals surface area contributed by atoms with Gasteiger partial charge in [0.2, 0.25) is 5.91 Å². The average molecular weight is 257 g/mol. The van der Waals surface area contributed by atoms with Gasteiger partial charge in [-0.05, 0) is 38.3 Å². The van der Waals surface area contributed by atoms with E-state index in [1.807, 2.05) is 36.1 Å². The monoisotopic (exact) mass is 257 g/mol. The number of anilines is 1. The van der Waals surface area contributed by atoms with Crippen LogP contribution in [0.25, 0.3) is 0 Å². The molecule has 1 saturated carbocycles. The van der Waals surface area contributed by atoms with Gasteiger partial charge in [-0.15, -0.1) is 6.58 Å². The first kappa shape index (κ1) is 12.3. The van der Waals surface area contributed by atoms with Crippen LogP contribution in [-0.4, -0.2) is 18.1 Å². The number of rotatable bonds is 3. The van der Waals surface area contributed by atoms with Crippen molar-refractivity contribution >= 4 is 11.6 Å². The van der Waals surface area contributed by atoms with Gasteiger partial charge in [-0.25, -0.2) is 0 Å². The fourth-order valence-corrected chi connectivity index (χ4v) is 2.48. The summed E-state index contributed by atoms with van der Waals surface area (Å²) in [7, 11) is 0. The number of carbonyl (C=O) groups excluding carboxylic acids is 1. The van der Waals surface area contributed by atoms with Gasteiger partial charge in [-0.1, -0.05) is 17.7 Å². The molecule has 1 spiro atoms. The SMILES string of the molecule is C=C(C)CCC(=O)N1CC2(CC2)Oc2ccccc21. The van der Waals surface area contributed by atoms with Gasteiger partial charge in [0.25, 0.3) is 0 Å². The molecule has 0 atom stereocenters. The first-order valence-corrected chi connectivity index (χ1v) is 6.82. The van der Waals surface area contributed by atoms with Gasteiger partial charge in [-0.2, -0.15) is 0 Å². The van der Waals surface area contributed by atoms with Crippen LogP contribution in [0.5, 0.6) is 5.75 Å². The lowest BCUT2D eigenvalue weighted by Crippen LogP contribution is -2.45. The summed E-state index contributed by atoms with van der Waals surface area (Å²) in [4.78, 5) is 14.3. The highest BCUT2D eigenvalue weighted by atomic mass is 16.5. The first-order valence-electron chi connectivity index (χ1n) is 6.82. The maximum absolute atomic E-state index is 12.4. The number of hydrogen-bond acceptors (Lipinski definition) is 2. The molecular formula is C16H19NO2. The van der Waals surface area contributed by atoms with Crippen molar-refractivity contribution in [3.63, 3.8) is 0 Å². The standard InChI is InChI=1S/C16H19NO2/c1-12(2)7-8-15(18)17-11-16(9-10-16)19-14-6-4-3-5-13(14)17/h3-6H,1,7-11H2,2H3. The Morgan fingerprint density at radius 1 is 1.37 bits per heavy atom. The normalized spacial score (nSPS) is 18.7. The third-order valence-electron chi connectivity index (χ3n) is 3.80. The van der Waals surface area contributed by atoms with Crippen LogP contribution in [-0.2, 0) is 4.79 Å². The number of para-hydroxylation sites is 2. The Morgan fingerprint density at radius 2 is 2.11 bits per heavy atom. The van der Waals surface area contributed by atoms with Crippen LogP contribution in [0.15, 0.2) is 36.4 Å². The van der Waals surface area contributed by atoms with E-state index in [1.165, 1.54) is 0 Å². The van der Waals surface area contributed by atoms with Crippen LogP contribution < -0.4 is 9.64 Å². The summed E-state index contributed by atoms with van der Waals surface area (Å²) >= 11 is 0. The number of carbonyl (C=O) groups is 1. The van der Waals surface area contributed by atoms with Gasteiger partial charge in [0.05, 0.1) is 12.2 Å². The maximum Gasteiger partial charge on any atom is 0.227 e. The van der Waals surface area contributed by atoms with Gasteiger partial charge >= 0.3 is 0 Å². The fraction of sp³-hybridized carbons (Fsp3) is 0.438. The number of hydrogen-bond donors (Lipinski definition) is 0. The molecule has 0 radical (unpaired) electrons. The van der Waals surface area contributed by atoms with E-state index in [9.17, 15) is 4.79 Å². The largest absolute Gasteiger partial charge is 0.483 e. The topological polar surface area (TPSA) is 29.5 Å². The molecule has 3 nitrogen and oxygen atoms in total. The fourth-order valence-electron chi connectivity index (χ4n) is 2.48. The summed E-state index contributed by atoms with van der Waals surface area (Å²) in [5.41, 5.74) is 1.86. The van der Waals surface area contributed by atoms with E-state index in [0.717, 1.165) is 36.3 Å². The highest BCUT2D eigenvalue weighted by Crippen LogP contribution is 2.48. The quantitative estimate of drug-likeness (QED) is 0.777. The van der Waals surface area contributed by atoms with Gasteiger partial charge in [0.15, 0.2) is 0 Å². The maximum atomic E-state index is 12.4. The van der Waals surface area contributed by atoms with Crippen molar-refractivity contribution in [1.29, 1.82) is 0 Å². The summed E-state index contributed by atoms with van der Waals surface area (Å²) in [5.74, 6) is 1.01. The second kappa shape index (κ2) is 4.41. The first-order chi connectivity index (χ1) is 9.10. The van der Waals surface area contributed by atoms with E-state index < -0.39 is 0 Å². The molecule has 0 unspecified atom stereocenters. The number of ether oxygens (including phenoxy) is 1. The van der Waals surface area contributed by atoms with Crippen LogP contribution >= 0.6 is 0 Å². The molecule has 0 N–H and O–H groups in total. The highest BCUT2D eigenvalue weighted by Gasteiger charge is 2.51. The molecular weight excluding hydrogens is 238 g/mol. The predicted octanol–water partition coefficient (Wildman–Crippen LogP) is 3.30. The van der Waals surface area contributed by atoms with Crippen molar-refractivity contribution in [1.82, 2.24) is 0 Å².